The van der Waals surface area contributed by atoms with E-state index in [1.807, 2.05) is 12.1 Å². The molecule has 1 N–H and O–H groups in total. The van der Waals surface area contributed by atoms with E-state index in [0.717, 1.165) is 5.56 Å². The molecule has 0 unspecified atom stereocenters. The van der Waals surface area contributed by atoms with Gasteiger partial charge in [0.25, 0.3) is 0 Å². The lowest BCUT2D eigenvalue weighted by atomic mass is 10.2. The van der Waals surface area contributed by atoms with Crippen LogP contribution in [0.2, 0.25) is 10.2 Å². The van der Waals surface area contributed by atoms with Crippen molar-refractivity contribution in [2.75, 3.05) is 5.43 Å². The maximum absolute atomic E-state index is 5.84. The zero-order valence-electron chi connectivity index (χ0n) is 8.64. The molecule has 0 atom stereocenters. The van der Waals surface area contributed by atoms with Crippen molar-refractivity contribution in [1.29, 1.82) is 0 Å². The van der Waals surface area contributed by atoms with Gasteiger partial charge in [0.05, 0.1) is 18.6 Å². The van der Waals surface area contributed by atoms with Crippen LogP contribution in [0.25, 0.3) is 0 Å². The van der Waals surface area contributed by atoms with Crippen molar-refractivity contribution >= 4 is 35.2 Å². The van der Waals surface area contributed by atoms with Gasteiger partial charge >= 0.3 is 0 Å². The smallest absolute Gasteiger partial charge is 0.166 e. The molecular weight excluding hydrogens is 259 g/mol. The third-order valence-corrected chi connectivity index (χ3v) is 2.26. The summed E-state index contributed by atoms with van der Waals surface area (Å²) in [7, 11) is 0. The Hall–Kier alpha value is -1.65. The Bertz CT molecular complexity index is 542. The van der Waals surface area contributed by atoms with E-state index < -0.39 is 0 Å². The summed E-state index contributed by atoms with van der Waals surface area (Å²) in [6, 6.07) is 7.34. The van der Waals surface area contributed by atoms with Crippen molar-refractivity contribution in [2.45, 2.75) is 0 Å². The Balaban J connectivity index is 2.03. The Morgan fingerprint density at radius 1 is 1.24 bits per heavy atom. The normalized spacial score (nSPS) is 10.7. The van der Waals surface area contributed by atoms with Gasteiger partial charge in [0.2, 0.25) is 0 Å². The molecule has 6 heteroatoms. The maximum Gasteiger partial charge on any atom is 0.166 e. The number of anilines is 1. The van der Waals surface area contributed by atoms with Crippen LogP contribution in [0.15, 0.2) is 41.8 Å². The van der Waals surface area contributed by atoms with Crippen molar-refractivity contribution in [3.05, 3.63) is 52.4 Å². The molecular formula is C11H8Cl2N4. The second-order valence-corrected chi connectivity index (χ2v) is 3.98. The molecule has 0 radical (unpaired) electrons. The third-order valence-electron chi connectivity index (χ3n) is 1.85. The van der Waals surface area contributed by atoms with Crippen molar-refractivity contribution < 1.29 is 0 Å². The van der Waals surface area contributed by atoms with E-state index in [2.05, 4.69) is 20.5 Å². The molecule has 86 valence electrons. The minimum Gasteiger partial charge on any atom is -0.260 e. The molecule has 0 aliphatic rings. The lowest BCUT2D eigenvalue weighted by molar-refractivity contribution is 1.16. The number of rotatable bonds is 3. The fourth-order valence-corrected chi connectivity index (χ4v) is 1.50. The van der Waals surface area contributed by atoms with Crippen LogP contribution >= 0.6 is 23.2 Å². The van der Waals surface area contributed by atoms with Gasteiger partial charge in [-0.1, -0.05) is 35.3 Å². The van der Waals surface area contributed by atoms with Gasteiger partial charge in [-0.25, -0.2) is 4.98 Å². The van der Waals surface area contributed by atoms with E-state index >= 15 is 0 Å². The minimum atomic E-state index is 0.313. The number of benzene rings is 1. The highest BCUT2D eigenvalue weighted by Crippen LogP contribution is 2.09. The number of hydrogen-bond donors (Lipinski definition) is 1. The molecule has 4 nitrogen and oxygen atoms in total. The first-order valence-electron chi connectivity index (χ1n) is 4.76. The summed E-state index contributed by atoms with van der Waals surface area (Å²) < 4.78 is 0. The summed E-state index contributed by atoms with van der Waals surface area (Å²) in [6.45, 7) is 0. The monoisotopic (exact) mass is 266 g/mol. The van der Waals surface area contributed by atoms with Crippen LogP contribution in [-0.2, 0) is 0 Å². The molecule has 1 heterocycles. The highest BCUT2D eigenvalue weighted by Gasteiger charge is 1.93. The number of nitrogens with one attached hydrogen (secondary N) is 1. The summed E-state index contributed by atoms with van der Waals surface area (Å²) in [6.07, 6.45) is 4.61. The quantitative estimate of drug-likeness (QED) is 0.686. The molecule has 0 saturated heterocycles. The van der Waals surface area contributed by atoms with Gasteiger partial charge in [0, 0.05) is 5.02 Å². The standard InChI is InChI=1S/C11H8Cl2N4/c12-9-3-1-2-8(4-9)5-15-17-11-7-14-6-10(13)16-11/h1-7H,(H,16,17)/b15-5+. The predicted molar refractivity (Wildman–Crippen MR) is 69.7 cm³/mol. The van der Waals surface area contributed by atoms with Crippen molar-refractivity contribution in [3.8, 4) is 0 Å². The Morgan fingerprint density at radius 3 is 2.88 bits per heavy atom. The summed E-state index contributed by atoms with van der Waals surface area (Å²) in [5, 5.41) is 4.98. The van der Waals surface area contributed by atoms with Crippen molar-refractivity contribution in [2.24, 2.45) is 5.10 Å². The number of aromatic nitrogens is 2. The molecule has 17 heavy (non-hydrogen) atoms. The molecule has 0 spiro atoms. The summed E-state index contributed by atoms with van der Waals surface area (Å²) in [5.41, 5.74) is 3.61. The first kappa shape index (κ1) is 11.8. The molecule has 0 fully saturated rings. The summed E-state index contributed by atoms with van der Waals surface area (Å²) >= 11 is 11.5. The maximum atomic E-state index is 5.84. The van der Waals surface area contributed by atoms with Crippen LogP contribution in [0.3, 0.4) is 0 Å². The van der Waals surface area contributed by atoms with E-state index in [-0.39, 0.29) is 0 Å². The number of nitrogens with zero attached hydrogens (tertiary/aromatic N) is 3. The third kappa shape index (κ3) is 3.69. The molecule has 0 aliphatic heterocycles. The zero-order chi connectivity index (χ0) is 12.1. The van der Waals surface area contributed by atoms with E-state index in [9.17, 15) is 0 Å². The van der Waals surface area contributed by atoms with Crippen LogP contribution in [-0.4, -0.2) is 16.2 Å². The van der Waals surface area contributed by atoms with E-state index in [4.69, 9.17) is 23.2 Å². The SMILES string of the molecule is Clc1cccc(/C=N/Nc2cncc(Cl)n2)c1. The zero-order valence-corrected chi connectivity index (χ0v) is 10.2. The fourth-order valence-electron chi connectivity index (χ4n) is 1.16. The highest BCUT2D eigenvalue weighted by molar-refractivity contribution is 6.30. The van der Waals surface area contributed by atoms with E-state index in [1.54, 1.807) is 18.3 Å². The molecule has 0 amide bonds. The topological polar surface area (TPSA) is 50.2 Å². The molecule has 2 aromatic rings. The van der Waals surface area contributed by atoms with E-state index in [1.165, 1.54) is 12.4 Å². The molecule has 0 aliphatic carbocycles. The largest absolute Gasteiger partial charge is 0.260 e. The van der Waals surface area contributed by atoms with Crippen LogP contribution < -0.4 is 5.43 Å². The van der Waals surface area contributed by atoms with Crippen LogP contribution in [0.1, 0.15) is 5.56 Å². The number of hydrazone groups is 1. The lowest BCUT2D eigenvalue weighted by Gasteiger charge is -1.98. The van der Waals surface area contributed by atoms with Gasteiger partial charge < -0.3 is 0 Å². The Morgan fingerprint density at radius 2 is 2.12 bits per heavy atom. The lowest BCUT2D eigenvalue weighted by Crippen LogP contribution is -1.94. The Kier molecular flexibility index (Phi) is 3.90. The van der Waals surface area contributed by atoms with E-state index in [0.29, 0.717) is 16.0 Å². The van der Waals surface area contributed by atoms with Crippen molar-refractivity contribution in [3.63, 3.8) is 0 Å². The Labute approximate surface area is 108 Å². The van der Waals surface area contributed by atoms with Gasteiger partial charge in [-0.2, -0.15) is 5.10 Å². The van der Waals surface area contributed by atoms with Crippen LogP contribution in [0.4, 0.5) is 5.82 Å². The molecule has 1 aromatic heterocycles. The average Bonchev–Trinajstić information content (AvgIpc) is 2.29. The van der Waals surface area contributed by atoms with Gasteiger partial charge in [-0.15, -0.1) is 0 Å². The minimum absolute atomic E-state index is 0.313. The number of halogens is 2. The molecule has 2 rings (SSSR count). The fraction of sp³-hybridized carbons (Fsp3) is 0. The van der Waals surface area contributed by atoms with Gasteiger partial charge in [0.1, 0.15) is 5.15 Å². The number of hydrogen-bond acceptors (Lipinski definition) is 4. The first-order chi connectivity index (χ1) is 8.24. The van der Waals surface area contributed by atoms with Gasteiger partial charge in [0.15, 0.2) is 5.82 Å². The van der Waals surface area contributed by atoms with Crippen molar-refractivity contribution in [1.82, 2.24) is 9.97 Å². The second kappa shape index (κ2) is 5.61. The first-order valence-corrected chi connectivity index (χ1v) is 5.52. The van der Waals surface area contributed by atoms with Crippen LogP contribution in [0.5, 0.6) is 0 Å². The average molecular weight is 267 g/mol. The highest BCUT2D eigenvalue weighted by atomic mass is 35.5. The van der Waals surface area contributed by atoms with Crippen LogP contribution in [0, 0.1) is 0 Å². The summed E-state index contributed by atoms with van der Waals surface area (Å²) in [4.78, 5) is 7.85. The second-order valence-electron chi connectivity index (χ2n) is 3.15. The molecule has 0 saturated carbocycles. The molecule has 1 aromatic carbocycles. The summed E-state index contributed by atoms with van der Waals surface area (Å²) in [5.74, 6) is 0.482. The predicted octanol–water partition coefficient (Wildman–Crippen LogP) is 3.23. The molecule has 0 bridgehead atoms. The van der Waals surface area contributed by atoms with Gasteiger partial charge in [-0.3, -0.25) is 10.4 Å². The van der Waals surface area contributed by atoms with Gasteiger partial charge in [-0.05, 0) is 17.7 Å².